The maximum Gasteiger partial charge on any atom is 0.287 e. The number of nitrogens with one attached hydrogen (secondary N) is 1. The quantitative estimate of drug-likeness (QED) is 0.630. The van der Waals surface area contributed by atoms with Crippen LogP contribution in [0.15, 0.2) is 34.1 Å². The highest BCUT2D eigenvalue weighted by atomic mass is 32.1. The number of carbonyl (C=O) groups excluding carboxylic acids is 1. The van der Waals surface area contributed by atoms with Gasteiger partial charge in [0.15, 0.2) is 5.76 Å². The average Bonchev–Trinajstić information content (AvgIpc) is 3.31. The van der Waals surface area contributed by atoms with E-state index < -0.39 is 0 Å². The van der Waals surface area contributed by atoms with Crippen LogP contribution in [0.2, 0.25) is 0 Å². The summed E-state index contributed by atoms with van der Waals surface area (Å²) in [5.74, 6) is 0.316. The van der Waals surface area contributed by atoms with Gasteiger partial charge in [0.25, 0.3) is 5.91 Å². The molecule has 1 aliphatic rings. The molecule has 0 saturated carbocycles. The first-order chi connectivity index (χ1) is 13.5. The summed E-state index contributed by atoms with van der Waals surface area (Å²) in [5.41, 5.74) is 4.02. The fourth-order valence-corrected chi connectivity index (χ4v) is 5.26. The third-order valence-corrected chi connectivity index (χ3v) is 6.71. The van der Waals surface area contributed by atoms with E-state index in [-0.39, 0.29) is 11.9 Å². The zero-order valence-corrected chi connectivity index (χ0v) is 17.7. The second kappa shape index (κ2) is 8.10. The minimum Gasteiger partial charge on any atom is -0.451 e. The molecule has 1 N–H and O–H groups in total. The number of hydrogen-bond acceptors (Lipinski definition) is 4. The largest absolute Gasteiger partial charge is 0.451 e. The van der Waals surface area contributed by atoms with Crippen molar-refractivity contribution in [2.75, 3.05) is 19.6 Å². The summed E-state index contributed by atoms with van der Waals surface area (Å²) < 4.78 is 5.97. The van der Waals surface area contributed by atoms with Crippen LogP contribution in [0.4, 0.5) is 0 Å². The fourth-order valence-electron chi connectivity index (χ4n) is 4.40. The number of likely N-dealkylation sites (tertiary alicyclic amines) is 1. The number of fused-ring (bicyclic) bond motifs is 1. The number of benzene rings is 1. The van der Waals surface area contributed by atoms with E-state index in [1.165, 1.54) is 24.1 Å². The Morgan fingerprint density at radius 1 is 1.21 bits per heavy atom. The number of carbonyl (C=O) groups is 1. The van der Waals surface area contributed by atoms with Gasteiger partial charge < -0.3 is 9.73 Å². The summed E-state index contributed by atoms with van der Waals surface area (Å²) >= 11 is 1.77. The second-order valence-corrected chi connectivity index (χ2v) is 8.83. The minimum absolute atomic E-state index is 0.121. The SMILES string of the molecule is Cc1cc(C)c2c(C)c(C(=O)NC[C@@H](c3cccs3)N3CCCCC3)oc2c1. The number of nitrogens with zero attached hydrogens (tertiary/aromatic N) is 1. The van der Waals surface area contributed by atoms with Crippen LogP contribution in [0.3, 0.4) is 0 Å². The predicted molar refractivity (Wildman–Crippen MR) is 115 cm³/mol. The Morgan fingerprint density at radius 3 is 2.71 bits per heavy atom. The lowest BCUT2D eigenvalue weighted by molar-refractivity contribution is 0.0899. The zero-order valence-electron chi connectivity index (χ0n) is 16.9. The highest BCUT2D eigenvalue weighted by Crippen LogP contribution is 2.30. The first-order valence-corrected chi connectivity index (χ1v) is 11.0. The van der Waals surface area contributed by atoms with Crippen molar-refractivity contribution in [3.63, 3.8) is 0 Å². The highest BCUT2D eigenvalue weighted by molar-refractivity contribution is 7.10. The molecule has 4 rings (SSSR count). The van der Waals surface area contributed by atoms with E-state index in [0.29, 0.717) is 12.3 Å². The molecule has 2 aromatic heterocycles. The standard InChI is InChI=1S/C23H28N2O2S/c1-15-12-16(2)21-17(3)22(27-19(21)13-15)23(26)24-14-18(20-8-7-11-28-20)25-9-5-4-6-10-25/h7-8,11-13,18H,4-6,9-10,14H2,1-3H3,(H,24,26)/t18-/m0/s1. The van der Waals surface area contributed by atoms with Crippen LogP contribution in [0.5, 0.6) is 0 Å². The monoisotopic (exact) mass is 396 g/mol. The average molecular weight is 397 g/mol. The summed E-state index contributed by atoms with van der Waals surface area (Å²) in [5, 5.41) is 6.32. The molecule has 4 nitrogen and oxygen atoms in total. The Balaban J connectivity index is 1.55. The lowest BCUT2D eigenvalue weighted by atomic mass is 10.0. The molecular formula is C23H28N2O2S. The van der Waals surface area contributed by atoms with Gasteiger partial charge in [0.05, 0.1) is 6.04 Å². The Kier molecular flexibility index (Phi) is 5.56. The van der Waals surface area contributed by atoms with Crippen LogP contribution < -0.4 is 5.32 Å². The molecule has 0 spiro atoms. The fraction of sp³-hybridized carbons (Fsp3) is 0.435. The molecule has 3 heterocycles. The number of amides is 1. The smallest absolute Gasteiger partial charge is 0.287 e. The molecule has 0 bridgehead atoms. The van der Waals surface area contributed by atoms with E-state index in [1.807, 2.05) is 19.9 Å². The molecule has 0 aliphatic carbocycles. The molecule has 1 amide bonds. The number of thiophene rings is 1. The topological polar surface area (TPSA) is 45.5 Å². The molecule has 1 saturated heterocycles. The van der Waals surface area contributed by atoms with Gasteiger partial charge in [-0.25, -0.2) is 0 Å². The first kappa shape index (κ1) is 19.2. The molecule has 5 heteroatoms. The molecule has 1 fully saturated rings. The summed E-state index contributed by atoms with van der Waals surface area (Å²) in [6, 6.07) is 8.64. The summed E-state index contributed by atoms with van der Waals surface area (Å²) in [7, 11) is 0. The summed E-state index contributed by atoms with van der Waals surface area (Å²) in [6.07, 6.45) is 3.77. The Morgan fingerprint density at radius 2 is 2.00 bits per heavy atom. The van der Waals surface area contributed by atoms with Gasteiger partial charge in [-0.2, -0.15) is 0 Å². The number of piperidine rings is 1. The first-order valence-electron chi connectivity index (χ1n) is 10.1. The van der Waals surface area contributed by atoms with Crippen molar-refractivity contribution < 1.29 is 9.21 Å². The molecule has 0 radical (unpaired) electrons. The van der Waals surface area contributed by atoms with Gasteiger partial charge >= 0.3 is 0 Å². The van der Waals surface area contributed by atoms with Crippen LogP contribution in [0.25, 0.3) is 11.0 Å². The van der Waals surface area contributed by atoms with Gasteiger partial charge in [-0.15, -0.1) is 11.3 Å². The third kappa shape index (κ3) is 3.74. The van der Waals surface area contributed by atoms with E-state index >= 15 is 0 Å². The van der Waals surface area contributed by atoms with Crippen molar-refractivity contribution in [1.29, 1.82) is 0 Å². The van der Waals surface area contributed by atoms with Gasteiger partial charge in [0, 0.05) is 22.4 Å². The van der Waals surface area contributed by atoms with Crippen molar-refractivity contribution in [3.8, 4) is 0 Å². The van der Waals surface area contributed by atoms with Gasteiger partial charge in [-0.3, -0.25) is 9.69 Å². The van der Waals surface area contributed by atoms with Crippen molar-refractivity contribution >= 4 is 28.2 Å². The van der Waals surface area contributed by atoms with Crippen LogP contribution in [0, 0.1) is 20.8 Å². The third-order valence-electron chi connectivity index (χ3n) is 5.74. The minimum atomic E-state index is -0.121. The van der Waals surface area contributed by atoms with Crippen molar-refractivity contribution in [3.05, 3.63) is 57.0 Å². The van der Waals surface area contributed by atoms with Gasteiger partial charge in [0.1, 0.15) is 5.58 Å². The molecule has 1 aliphatic heterocycles. The van der Waals surface area contributed by atoms with Crippen LogP contribution in [-0.4, -0.2) is 30.4 Å². The summed E-state index contributed by atoms with van der Waals surface area (Å²) in [4.78, 5) is 16.8. The Bertz CT molecular complexity index is 968. The molecule has 1 atom stereocenters. The molecular weight excluding hydrogens is 368 g/mol. The van der Waals surface area contributed by atoms with E-state index in [2.05, 4.69) is 40.7 Å². The second-order valence-electron chi connectivity index (χ2n) is 7.85. The molecule has 3 aromatic rings. The number of aryl methyl sites for hydroxylation is 3. The van der Waals surface area contributed by atoms with E-state index in [4.69, 9.17) is 4.42 Å². The van der Waals surface area contributed by atoms with Crippen LogP contribution in [-0.2, 0) is 0 Å². The van der Waals surface area contributed by atoms with E-state index in [9.17, 15) is 4.79 Å². The molecule has 148 valence electrons. The maximum atomic E-state index is 13.0. The molecule has 28 heavy (non-hydrogen) atoms. The van der Waals surface area contributed by atoms with Crippen molar-refractivity contribution in [2.24, 2.45) is 0 Å². The van der Waals surface area contributed by atoms with E-state index in [1.54, 1.807) is 11.3 Å². The van der Waals surface area contributed by atoms with Crippen molar-refractivity contribution in [1.82, 2.24) is 10.2 Å². The normalized spacial score (nSPS) is 16.4. The van der Waals surface area contributed by atoms with Crippen LogP contribution in [0.1, 0.15) is 57.4 Å². The summed E-state index contributed by atoms with van der Waals surface area (Å²) in [6.45, 7) is 8.90. The van der Waals surface area contributed by atoms with Gasteiger partial charge in [0.2, 0.25) is 0 Å². The maximum absolute atomic E-state index is 13.0. The highest BCUT2D eigenvalue weighted by Gasteiger charge is 2.25. The lowest BCUT2D eigenvalue weighted by Gasteiger charge is -2.34. The van der Waals surface area contributed by atoms with Crippen molar-refractivity contribution in [2.45, 2.75) is 46.1 Å². The number of furan rings is 1. The number of rotatable bonds is 5. The van der Waals surface area contributed by atoms with Gasteiger partial charge in [-0.1, -0.05) is 18.6 Å². The zero-order chi connectivity index (χ0) is 19.7. The Labute approximate surface area is 170 Å². The van der Waals surface area contributed by atoms with Crippen LogP contribution >= 0.6 is 11.3 Å². The number of hydrogen-bond donors (Lipinski definition) is 1. The Hall–Kier alpha value is -2.11. The predicted octanol–water partition coefficient (Wildman–Crippen LogP) is 5.38. The molecule has 0 unspecified atom stereocenters. The van der Waals surface area contributed by atoms with E-state index in [0.717, 1.165) is 40.7 Å². The lowest BCUT2D eigenvalue weighted by Crippen LogP contribution is -2.40. The molecule has 1 aromatic carbocycles. The van der Waals surface area contributed by atoms with Gasteiger partial charge in [-0.05, 0) is 75.3 Å².